The van der Waals surface area contributed by atoms with Gasteiger partial charge in [-0.25, -0.2) is 4.90 Å². The van der Waals surface area contributed by atoms with Gasteiger partial charge in [0.25, 0.3) is 0 Å². The van der Waals surface area contributed by atoms with E-state index in [0.717, 1.165) is 23.2 Å². The summed E-state index contributed by atoms with van der Waals surface area (Å²) in [5.41, 5.74) is 2.83. The van der Waals surface area contributed by atoms with Gasteiger partial charge in [0, 0.05) is 11.8 Å². The second-order valence-corrected chi connectivity index (χ2v) is 6.98. The van der Waals surface area contributed by atoms with Crippen molar-refractivity contribution >= 4 is 17.5 Å². The van der Waals surface area contributed by atoms with Gasteiger partial charge < -0.3 is 4.74 Å². The summed E-state index contributed by atoms with van der Waals surface area (Å²) in [6.07, 6.45) is 1.51. The molecule has 1 aromatic rings. The van der Waals surface area contributed by atoms with Crippen LogP contribution in [0.2, 0.25) is 0 Å². The van der Waals surface area contributed by atoms with E-state index in [2.05, 4.69) is 0 Å². The summed E-state index contributed by atoms with van der Waals surface area (Å²) in [4.78, 5) is 27.2. The third-order valence-electron chi connectivity index (χ3n) is 5.88. The number of amides is 2. The van der Waals surface area contributed by atoms with Crippen LogP contribution in [-0.4, -0.2) is 24.0 Å². The summed E-state index contributed by atoms with van der Waals surface area (Å²) in [7, 11) is 0. The van der Waals surface area contributed by atoms with Crippen LogP contribution in [-0.2, 0) is 14.3 Å². The Kier molecular flexibility index (Phi) is 2.02. The number of carbonyl (C=O) groups excluding carboxylic acids is 2. The molecule has 2 heterocycles. The number of benzene rings is 1. The highest BCUT2D eigenvalue weighted by atomic mass is 16.6. The van der Waals surface area contributed by atoms with Gasteiger partial charge in [0.1, 0.15) is 0 Å². The second-order valence-electron chi connectivity index (χ2n) is 6.98. The summed E-state index contributed by atoms with van der Waals surface area (Å²) in [6, 6.07) is 5.94. The smallest absolute Gasteiger partial charge is 0.238 e. The third-order valence-corrected chi connectivity index (χ3v) is 5.88. The summed E-state index contributed by atoms with van der Waals surface area (Å²) in [5, 5.41) is 0. The Morgan fingerprint density at radius 2 is 1.67 bits per heavy atom. The first-order valence-electron chi connectivity index (χ1n) is 7.68. The average molecular weight is 283 g/mol. The summed E-state index contributed by atoms with van der Waals surface area (Å²) >= 11 is 0. The zero-order valence-electron chi connectivity index (χ0n) is 12.1. The lowest BCUT2D eigenvalue weighted by atomic mass is 9.81. The van der Waals surface area contributed by atoms with Crippen LogP contribution >= 0.6 is 0 Å². The second kappa shape index (κ2) is 3.55. The van der Waals surface area contributed by atoms with Crippen LogP contribution in [0.3, 0.4) is 0 Å². The van der Waals surface area contributed by atoms with E-state index < -0.39 is 0 Å². The number of fused-ring (bicyclic) bond motifs is 8. The van der Waals surface area contributed by atoms with Gasteiger partial charge in [0.2, 0.25) is 11.8 Å². The minimum absolute atomic E-state index is 0.000139. The topological polar surface area (TPSA) is 49.9 Å². The maximum Gasteiger partial charge on any atom is 0.238 e. The predicted octanol–water partition coefficient (Wildman–Crippen LogP) is 1.83. The van der Waals surface area contributed by atoms with Crippen LogP contribution in [0.1, 0.15) is 17.5 Å². The lowest BCUT2D eigenvalue weighted by Crippen LogP contribution is -2.34. The molecule has 4 aliphatic rings. The van der Waals surface area contributed by atoms with Crippen LogP contribution in [0.15, 0.2) is 18.2 Å². The molecule has 0 aromatic heterocycles. The number of aryl methyl sites for hydroxylation is 2. The molecule has 0 spiro atoms. The Morgan fingerprint density at radius 3 is 2.29 bits per heavy atom. The molecule has 0 N–H and O–H groups in total. The van der Waals surface area contributed by atoms with Crippen molar-refractivity contribution in [3.8, 4) is 0 Å². The highest BCUT2D eigenvalue weighted by Crippen LogP contribution is 2.64. The molecule has 4 heteroatoms. The molecular weight excluding hydrogens is 266 g/mol. The van der Waals surface area contributed by atoms with Gasteiger partial charge in [-0.1, -0.05) is 12.1 Å². The van der Waals surface area contributed by atoms with Crippen molar-refractivity contribution in [3.05, 3.63) is 29.3 Å². The Balaban J connectivity index is 1.59. The maximum absolute atomic E-state index is 12.9. The molecule has 0 unspecified atom stereocenters. The Bertz CT molecular complexity index is 665. The molecule has 2 aliphatic carbocycles. The van der Waals surface area contributed by atoms with Crippen LogP contribution in [0.5, 0.6) is 0 Å². The fraction of sp³-hybridized carbons (Fsp3) is 0.529. The van der Waals surface area contributed by atoms with E-state index in [9.17, 15) is 9.59 Å². The molecular formula is C17H17NO3. The molecule has 2 bridgehead atoms. The highest BCUT2D eigenvalue weighted by Gasteiger charge is 2.73. The molecule has 2 saturated carbocycles. The zero-order chi connectivity index (χ0) is 14.5. The van der Waals surface area contributed by atoms with E-state index in [1.807, 2.05) is 32.0 Å². The molecule has 4 nitrogen and oxygen atoms in total. The molecule has 5 rings (SSSR count). The van der Waals surface area contributed by atoms with Gasteiger partial charge >= 0.3 is 0 Å². The molecule has 2 aliphatic heterocycles. The molecule has 21 heavy (non-hydrogen) atoms. The molecule has 2 amide bonds. The molecule has 2 saturated heterocycles. The number of anilines is 1. The van der Waals surface area contributed by atoms with Gasteiger partial charge in [-0.2, -0.15) is 0 Å². The van der Waals surface area contributed by atoms with Crippen molar-refractivity contribution in [1.29, 1.82) is 0 Å². The van der Waals surface area contributed by atoms with Crippen molar-refractivity contribution in [2.75, 3.05) is 4.90 Å². The van der Waals surface area contributed by atoms with Gasteiger partial charge in [-0.3, -0.25) is 9.59 Å². The molecule has 0 radical (unpaired) electrons. The van der Waals surface area contributed by atoms with Gasteiger partial charge in [0.05, 0.1) is 29.7 Å². The molecule has 1 aromatic carbocycles. The van der Waals surface area contributed by atoms with Gasteiger partial charge in [0.15, 0.2) is 0 Å². The van der Waals surface area contributed by atoms with E-state index in [1.54, 1.807) is 0 Å². The fourth-order valence-electron chi connectivity index (χ4n) is 4.92. The maximum atomic E-state index is 12.9. The number of hydrogen-bond donors (Lipinski definition) is 0. The minimum atomic E-state index is -0.133. The van der Waals surface area contributed by atoms with Gasteiger partial charge in [-0.05, 0) is 37.5 Å². The number of epoxide rings is 1. The molecule has 108 valence electrons. The monoisotopic (exact) mass is 283 g/mol. The van der Waals surface area contributed by atoms with Crippen LogP contribution in [0, 0.1) is 37.5 Å². The van der Waals surface area contributed by atoms with E-state index in [4.69, 9.17) is 4.74 Å². The van der Waals surface area contributed by atoms with E-state index in [0.29, 0.717) is 0 Å². The quantitative estimate of drug-likeness (QED) is 0.583. The predicted molar refractivity (Wildman–Crippen MR) is 75.6 cm³/mol. The minimum Gasteiger partial charge on any atom is -0.369 e. The average Bonchev–Trinajstić information content (AvgIpc) is 2.97. The number of nitrogens with zero attached hydrogens (tertiary/aromatic N) is 1. The van der Waals surface area contributed by atoms with E-state index >= 15 is 0 Å². The van der Waals surface area contributed by atoms with Crippen LogP contribution in [0.25, 0.3) is 0 Å². The highest BCUT2D eigenvalue weighted by molar-refractivity contribution is 6.23. The Hall–Kier alpha value is -1.68. The van der Waals surface area contributed by atoms with Gasteiger partial charge in [-0.15, -0.1) is 0 Å². The van der Waals surface area contributed by atoms with E-state index in [1.165, 1.54) is 4.90 Å². The Morgan fingerprint density at radius 1 is 1.05 bits per heavy atom. The first-order valence-corrected chi connectivity index (χ1v) is 7.68. The third kappa shape index (κ3) is 1.30. The van der Waals surface area contributed by atoms with Crippen LogP contribution < -0.4 is 4.90 Å². The number of carbonyl (C=O) groups is 2. The normalized spacial score (nSPS) is 42.5. The lowest BCUT2D eigenvalue weighted by molar-refractivity contribution is -0.123. The van der Waals surface area contributed by atoms with Crippen LogP contribution in [0.4, 0.5) is 5.69 Å². The first kappa shape index (κ1) is 11.9. The van der Waals surface area contributed by atoms with Crippen molar-refractivity contribution in [2.24, 2.45) is 23.7 Å². The van der Waals surface area contributed by atoms with E-state index in [-0.39, 0.29) is 47.7 Å². The number of imide groups is 1. The zero-order valence-corrected chi connectivity index (χ0v) is 12.1. The first-order chi connectivity index (χ1) is 10.1. The summed E-state index contributed by atoms with van der Waals surface area (Å²) in [5.74, 6) is 0.283. The lowest BCUT2D eigenvalue weighted by Gasteiger charge is -2.20. The fourth-order valence-corrected chi connectivity index (χ4v) is 4.92. The SMILES string of the molecule is Cc1ccc(C)c(N2C(=O)[C@@H]3[C@H]4C[C@H]([C@@H]5O[C@H]45)[C@@H]3C2=O)c1. The standard InChI is InChI=1S/C17H17NO3/c1-7-3-4-8(2)11(5-7)18-16(19)12-9-6-10(13(12)17(18)20)15-14(9)21-15/h3-5,9-10,12-15H,6H2,1-2H3/t9-,10+,12-,13+,14-,15+. The number of ether oxygens (including phenoxy) is 1. The van der Waals surface area contributed by atoms with Crippen molar-refractivity contribution in [1.82, 2.24) is 0 Å². The molecule has 4 fully saturated rings. The van der Waals surface area contributed by atoms with Crippen molar-refractivity contribution in [2.45, 2.75) is 32.5 Å². The summed E-state index contributed by atoms with van der Waals surface area (Å²) < 4.78 is 5.63. The number of rotatable bonds is 1. The van der Waals surface area contributed by atoms with Crippen molar-refractivity contribution in [3.63, 3.8) is 0 Å². The molecule has 6 atom stereocenters. The largest absolute Gasteiger partial charge is 0.369 e. The number of hydrogen-bond acceptors (Lipinski definition) is 3. The Labute approximate surface area is 123 Å². The summed E-state index contributed by atoms with van der Waals surface area (Å²) in [6.45, 7) is 3.94. The van der Waals surface area contributed by atoms with Crippen molar-refractivity contribution < 1.29 is 14.3 Å².